The number of oxazole rings is 1. The second-order valence-electron chi connectivity index (χ2n) is 5.67. The summed E-state index contributed by atoms with van der Waals surface area (Å²) in [7, 11) is 0. The lowest BCUT2D eigenvalue weighted by molar-refractivity contribution is -0.122. The fourth-order valence-corrected chi connectivity index (χ4v) is 2.58. The van der Waals surface area contributed by atoms with Crippen LogP contribution in [0.3, 0.4) is 0 Å². The third-order valence-electron chi connectivity index (χ3n) is 4.14. The Bertz CT molecular complexity index is 712. The van der Waals surface area contributed by atoms with Crippen LogP contribution in [0.1, 0.15) is 19.3 Å². The number of para-hydroxylation sites is 2. The van der Waals surface area contributed by atoms with E-state index in [0.29, 0.717) is 24.1 Å². The van der Waals surface area contributed by atoms with Crippen molar-refractivity contribution >= 4 is 17.0 Å². The Kier molecular flexibility index (Phi) is 3.55. The zero-order chi connectivity index (χ0) is 14.9. The molecule has 21 heavy (non-hydrogen) atoms. The number of nitrogens with zero attached hydrogens (tertiary/aromatic N) is 1. The molecule has 1 saturated carbocycles. The van der Waals surface area contributed by atoms with E-state index >= 15 is 0 Å². The predicted molar refractivity (Wildman–Crippen MR) is 76.9 cm³/mol. The van der Waals surface area contributed by atoms with Gasteiger partial charge >= 0.3 is 5.76 Å². The Hall–Kier alpha value is -2.08. The van der Waals surface area contributed by atoms with Gasteiger partial charge in [0.1, 0.15) is 6.54 Å². The summed E-state index contributed by atoms with van der Waals surface area (Å²) in [4.78, 5) is 23.8. The van der Waals surface area contributed by atoms with E-state index in [9.17, 15) is 9.59 Å². The Morgan fingerprint density at radius 1 is 1.38 bits per heavy atom. The highest BCUT2D eigenvalue weighted by Crippen LogP contribution is 2.47. The molecule has 0 aliphatic heterocycles. The lowest BCUT2D eigenvalue weighted by Gasteiger charge is -2.14. The summed E-state index contributed by atoms with van der Waals surface area (Å²) in [6.45, 7) is 0.643. The SMILES string of the molecule is O=C(Cn1c(=O)oc2ccccc21)NCC1(CCO)CC1. The minimum absolute atomic E-state index is 0.0505. The minimum Gasteiger partial charge on any atom is -0.408 e. The van der Waals surface area contributed by atoms with E-state index < -0.39 is 5.76 Å². The highest BCUT2D eigenvalue weighted by atomic mass is 16.4. The highest BCUT2D eigenvalue weighted by molar-refractivity contribution is 5.79. The molecule has 6 nitrogen and oxygen atoms in total. The van der Waals surface area contributed by atoms with E-state index in [4.69, 9.17) is 9.52 Å². The summed E-state index contributed by atoms with van der Waals surface area (Å²) in [5.74, 6) is -0.740. The molecular formula is C15H18N2O4. The highest BCUT2D eigenvalue weighted by Gasteiger charge is 2.41. The van der Waals surface area contributed by atoms with E-state index in [1.807, 2.05) is 0 Å². The van der Waals surface area contributed by atoms with Gasteiger partial charge in [-0.05, 0) is 36.8 Å². The van der Waals surface area contributed by atoms with Gasteiger partial charge in [0.25, 0.3) is 0 Å². The number of nitrogens with one attached hydrogen (secondary N) is 1. The minimum atomic E-state index is -0.525. The molecule has 3 rings (SSSR count). The van der Waals surface area contributed by atoms with Crippen molar-refractivity contribution in [2.24, 2.45) is 5.41 Å². The number of hydrogen-bond acceptors (Lipinski definition) is 4. The maximum Gasteiger partial charge on any atom is 0.420 e. The molecule has 112 valence electrons. The molecule has 0 saturated heterocycles. The van der Waals surface area contributed by atoms with Crippen molar-refractivity contribution in [3.8, 4) is 0 Å². The summed E-state index contributed by atoms with van der Waals surface area (Å²) in [5, 5.41) is 11.8. The molecule has 1 aliphatic rings. The second kappa shape index (κ2) is 5.37. The van der Waals surface area contributed by atoms with Crippen molar-refractivity contribution in [3.63, 3.8) is 0 Å². The van der Waals surface area contributed by atoms with Crippen LogP contribution < -0.4 is 11.1 Å². The number of carbonyl (C=O) groups is 1. The first-order valence-electron chi connectivity index (χ1n) is 7.09. The lowest BCUT2D eigenvalue weighted by Crippen LogP contribution is -2.35. The van der Waals surface area contributed by atoms with Gasteiger partial charge in [0.05, 0.1) is 5.52 Å². The number of rotatable bonds is 6. The van der Waals surface area contributed by atoms with Gasteiger partial charge in [-0.2, -0.15) is 0 Å². The molecule has 0 bridgehead atoms. The first-order chi connectivity index (χ1) is 10.1. The van der Waals surface area contributed by atoms with Crippen molar-refractivity contribution in [1.29, 1.82) is 0 Å². The summed E-state index contributed by atoms with van der Waals surface area (Å²) >= 11 is 0. The molecule has 2 N–H and O–H groups in total. The lowest BCUT2D eigenvalue weighted by atomic mass is 10.0. The molecule has 1 aromatic heterocycles. The zero-order valence-electron chi connectivity index (χ0n) is 11.7. The molecule has 0 unspecified atom stereocenters. The maximum atomic E-state index is 12.0. The average molecular weight is 290 g/mol. The van der Waals surface area contributed by atoms with Crippen LogP contribution in [0.2, 0.25) is 0 Å². The molecule has 0 radical (unpaired) electrons. The molecule has 0 spiro atoms. The largest absolute Gasteiger partial charge is 0.420 e. The third-order valence-corrected chi connectivity index (χ3v) is 4.14. The van der Waals surface area contributed by atoms with Gasteiger partial charge in [0.2, 0.25) is 5.91 Å². The monoisotopic (exact) mass is 290 g/mol. The van der Waals surface area contributed by atoms with Gasteiger partial charge in [-0.15, -0.1) is 0 Å². The Morgan fingerprint density at radius 2 is 2.14 bits per heavy atom. The molecule has 0 atom stereocenters. The fourth-order valence-electron chi connectivity index (χ4n) is 2.58. The molecule has 1 fully saturated rings. The normalized spacial score (nSPS) is 16.0. The van der Waals surface area contributed by atoms with Gasteiger partial charge in [-0.25, -0.2) is 4.79 Å². The van der Waals surface area contributed by atoms with E-state index in [1.165, 1.54) is 4.57 Å². The van der Waals surface area contributed by atoms with Crippen LogP contribution in [0.5, 0.6) is 0 Å². The van der Waals surface area contributed by atoms with Crippen LogP contribution in [0.4, 0.5) is 0 Å². The quantitative estimate of drug-likeness (QED) is 0.827. The van der Waals surface area contributed by atoms with Crippen molar-refractivity contribution < 1.29 is 14.3 Å². The second-order valence-corrected chi connectivity index (χ2v) is 5.67. The first-order valence-corrected chi connectivity index (χ1v) is 7.09. The summed E-state index contributed by atoms with van der Waals surface area (Å²) < 4.78 is 6.42. The third kappa shape index (κ3) is 2.85. The van der Waals surface area contributed by atoms with Gasteiger partial charge in [-0.3, -0.25) is 9.36 Å². The van der Waals surface area contributed by atoms with Crippen molar-refractivity contribution in [3.05, 3.63) is 34.8 Å². The zero-order valence-corrected chi connectivity index (χ0v) is 11.7. The number of hydrogen-bond donors (Lipinski definition) is 2. The summed E-state index contributed by atoms with van der Waals surface area (Å²) in [5.41, 5.74) is 1.16. The van der Waals surface area contributed by atoms with Gasteiger partial charge in [-0.1, -0.05) is 12.1 Å². The van der Waals surface area contributed by atoms with Crippen molar-refractivity contribution in [2.45, 2.75) is 25.8 Å². The number of carbonyl (C=O) groups excluding carboxylic acids is 1. The van der Waals surface area contributed by atoms with Gasteiger partial charge in [0, 0.05) is 13.2 Å². The molecule has 1 heterocycles. The van der Waals surface area contributed by atoms with Crippen molar-refractivity contribution in [2.75, 3.05) is 13.2 Å². The van der Waals surface area contributed by atoms with Gasteiger partial charge in [0.15, 0.2) is 5.58 Å². The summed E-state index contributed by atoms with van der Waals surface area (Å²) in [6, 6.07) is 7.03. The summed E-state index contributed by atoms with van der Waals surface area (Å²) in [6.07, 6.45) is 2.77. The molecule has 6 heteroatoms. The smallest absolute Gasteiger partial charge is 0.408 e. The predicted octanol–water partition coefficient (Wildman–Crippen LogP) is 0.873. The molecule has 2 aromatic rings. The van der Waals surface area contributed by atoms with Crippen LogP contribution in [-0.2, 0) is 11.3 Å². The molecular weight excluding hydrogens is 272 g/mol. The van der Waals surface area contributed by atoms with Crippen molar-refractivity contribution in [1.82, 2.24) is 9.88 Å². The number of benzene rings is 1. The van der Waals surface area contributed by atoms with Gasteiger partial charge < -0.3 is 14.8 Å². The van der Waals surface area contributed by atoms with Crippen LogP contribution in [0.25, 0.3) is 11.1 Å². The number of fused-ring (bicyclic) bond motifs is 1. The number of aliphatic hydroxyl groups is 1. The number of aliphatic hydroxyl groups excluding tert-OH is 1. The van der Waals surface area contributed by atoms with Crippen LogP contribution >= 0.6 is 0 Å². The van der Waals surface area contributed by atoms with Crippen LogP contribution in [0.15, 0.2) is 33.5 Å². The molecule has 1 amide bonds. The van der Waals surface area contributed by atoms with Crippen LogP contribution in [-0.4, -0.2) is 28.7 Å². The van der Waals surface area contributed by atoms with E-state index in [2.05, 4.69) is 5.32 Å². The average Bonchev–Trinajstić information content (AvgIpc) is 3.17. The molecule has 1 aliphatic carbocycles. The fraction of sp³-hybridized carbons (Fsp3) is 0.467. The maximum absolute atomic E-state index is 12.0. The number of aromatic nitrogens is 1. The number of amides is 1. The Labute approximate surface area is 121 Å². The van der Waals surface area contributed by atoms with E-state index in [-0.39, 0.29) is 24.5 Å². The standard InChI is InChI=1S/C15H18N2O4/c18-8-7-15(5-6-15)10-16-13(19)9-17-11-3-1-2-4-12(11)21-14(17)20/h1-4,18H,5-10H2,(H,16,19). The topological polar surface area (TPSA) is 84.5 Å². The van der Waals surface area contributed by atoms with E-state index in [0.717, 1.165) is 12.8 Å². The Morgan fingerprint density at radius 3 is 2.86 bits per heavy atom. The Balaban J connectivity index is 1.67. The van der Waals surface area contributed by atoms with Crippen LogP contribution in [0, 0.1) is 5.41 Å². The van der Waals surface area contributed by atoms with E-state index in [1.54, 1.807) is 24.3 Å². The molecule has 1 aromatic carbocycles. The first kappa shape index (κ1) is 13.9.